The number of hydrogen-bond donors (Lipinski definition) is 2. The maximum absolute atomic E-state index is 5.96. The number of nitrogens with one attached hydrogen (secondary N) is 1. The maximum atomic E-state index is 5.96. The Balaban J connectivity index is 3.07. The Morgan fingerprint density at radius 1 is 0.824 bits per heavy atom. The van der Waals surface area contributed by atoms with Gasteiger partial charge in [-0.25, -0.2) is 0 Å². The molecule has 1 atom stereocenters. The van der Waals surface area contributed by atoms with Gasteiger partial charge in [-0.15, -0.1) is 0 Å². The van der Waals surface area contributed by atoms with Crippen molar-refractivity contribution in [3.63, 3.8) is 0 Å². The first-order valence-electron chi connectivity index (χ1n) is 7.68. The highest BCUT2D eigenvalue weighted by Gasteiger charge is 2.02. The second-order valence-electron chi connectivity index (χ2n) is 5.54. The molecule has 0 bridgehead atoms. The fourth-order valence-corrected chi connectivity index (χ4v) is 2.19. The highest BCUT2D eigenvalue weighted by molar-refractivity contribution is 4.62. The van der Waals surface area contributed by atoms with Crippen LogP contribution >= 0.6 is 0 Å². The van der Waals surface area contributed by atoms with Crippen LogP contribution in [-0.2, 0) is 0 Å². The maximum Gasteiger partial charge on any atom is 0.0548 e. The standard InChI is InChI=1S/C15H34N2/c1-4-5-6-7-8-9-10-11-12-13-15(16)17-14(2)3/h14-15,17H,4-13,16H2,1-3H3. The van der Waals surface area contributed by atoms with E-state index >= 15 is 0 Å². The molecule has 0 saturated carbocycles. The van der Waals surface area contributed by atoms with E-state index in [1.807, 2.05) is 0 Å². The van der Waals surface area contributed by atoms with Crippen molar-refractivity contribution in [2.45, 2.75) is 97.2 Å². The minimum atomic E-state index is 0.194. The van der Waals surface area contributed by atoms with E-state index in [9.17, 15) is 0 Å². The van der Waals surface area contributed by atoms with Crippen LogP contribution in [0.2, 0.25) is 0 Å². The number of nitrogens with two attached hydrogens (primary N) is 1. The lowest BCUT2D eigenvalue weighted by Crippen LogP contribution is -2.41. The van der Waals surface area contributed by atoms with Crippen LogP contribution in [0, 0.1) is 0 Å². The van der Waals surface area contributed by atoms with E-state index in [2.05, 4.69) is 26.1 Å². The molecule has 0 amide bonds. The minimum absolute atomic E-state index is 0.194. The van der Waals surface area contributed by atoms with E-state index in [1.165, 1.54) is 57.8 Å². The zero-order valence-electron chi connectivity index (χ0n) is 12.3. The highest BCUT2D eigenvalue weighted by Crippen LogP contribution is 2.10. The molecule has 0 aromatic heterocycles. The lowest BCUT2D eigenvalue weighted by Gasteiger charge is -2.16. The topological polar surface area (TPSA) is 38.0 Å². The van der Waals surface area contributed by atoms with Gasteiger partial charge in [-0.3, -0.25) is 5.32 Å². The Kier molecular flexibility index (Phi) is 12.3. The third-order valence-electron chi connectivity index (χ3n) is 3.17. The summed E-state index contributed by atoms with van der Waals surface area (Å²) in [6.45, 7) is 6.57. The molecule has 1 unspecified atom stereocenters. The van der Waals surface area contributed by atoms with Gasteiger partial charge < -0.3 is 5.73 Å². The van der Waals surface area contributed by atoms with E-state index in [1.54, 1.807) is 0 Å². The van der Waals surface area contributed by atoms with E-state index in [-0.39, 0.29) is 6.17 Å². The lowest BCUT2D eigenvalue weighted by molar-refractivity contribution is 0.428. The van der Waals surface area contributed by atoms with Crippen molar-refractivity contribution in [2.24, 2.45) is 5.73 Å². The summed E-state index contributed by atoms with van der Waals surface area (Å²) < 4.78 is 0. The first kappa shape index (κ1) is 16.9. The van der Waals surface area contributed by atoms with Crippen LogP contribution in [0.4, 0.5) is 0 Å². The number of hydrogen-bond acceptors (Lipinski definition) is 2. The minimum Gasteiger partial charge on any atom is -0.316 e. The molecule has 0 saturated heterocycles. The van der Waals surface area contributed by atoms with Crippen molar-refractivity contribution in [1.29, 1.82) is 0 Å². The molecule has 2 nitrogen and oxygen atoms in total. The molecular formula is C15H34N2. The quantitative estimate of drug-likeness (QED) is 0.398. The lowest BCUT2D eigenvalue weighted by atomic mass is 10.1. The zero-order chi connectivity index (χ0) is 12.9. The molecule has 3 N–H and O–H groups in total. The van der Waals surface area contributed by atoms with E-state index < -0.39 is 0 Å². The zero-order valence-corrected chi connectivity index (χ0v) is 12.3. The van der Waals surface area contributed by atoms with Gasteiger partial charge in [0, 0.05) is 6.04 Å². The summed E-state index contributed by atoms with van der Waals surface area (Å²) in [6, 6.07) is 0.503. The van der Waals surface area contributed by atoms with Gasteiger partial charge in [-0.05, 0) is 20.3 Å². The fraction of sp³-hybridized carbons (Fsp3) is 1.00. The Labute approximate surface area is 109 Å². The number of rotatable bonds is 12. The third-order valence-corrected chi connectivity index (χ3v) is 3.17. The molecule has 2 heteroatoms. The van der Waals surface area contributed by atoms with Crippen LogP contribution in [-0.4, -0.2) is 12.2 Å². The molecule has 0 aliphatic rings. The molecule has 0 heterocycles. The van der Waals surface area contributed by atoms with Crippen LogP contribution in [0.3, 0.4) is 0 Å². The number of unbranched alkanes of at least 4 members (excludes halogenated alkanes) is 8. The van der Waals surface area contributed by atoms with Crippen molar-refractivity contribution in [1.82, 2.24) is 5.32 Å². The van der Waals surface area contributed by atoms with Crippen LogP contribution in [0.1, 0.15) is 85.0 Å². The predicted octanol–water partition coefficient (Wildman–Crippen LogP) is 4.19. The molecule has 0 aromatic rings. The Morgan fingerprint density at radius 2 is 1.29 bits per heavy atom. The second-order valence-corrected chi connectivity index (χ2v) is 5.54. The van der Waals surface area contributed by atoms with Crippen molar-refractivity contribution in [3.05, 3.63) is 0 Å². The first-order valence-corrected chi connectivity index (χ1v) is 7.68. The van der Waals surface area contributed by atoms with Crippen LogP contribution in [0.25, 0.3) is 0 Å². The normalized spacial score (nSPS) is 13.2. The summed E-state index contributed by atoms with van der Waals surface area (Å²) in [5.74, 6) is 0. The van der Waals surface area contributed by atoms with Crippen molar-refractivity contribution in [3.8, 4) is 0 Å². The van der Waals surface area contributed by atoms with Crippen LogP contribution < -0.4 is 11.1 Å². The SMILES string of the molecule is CCCCCCCCCCCC(N)NC(C)C. The van der Waals surface area contributed by atoms with Gasteiger partial charge in [-0.2, -0.15) is 0 Å². The molecule has 0 aliphatic heterocycles. The van der Waals surface area contributed by atoms with Gasteiger partial charge in [-0.1, -0.05) is 64.7 Å². The molecule has 17 heavy (non-hydrogen) atoms. The Bertz CT molecular complexity index is 146. The monoisotopic (exact) mass is 242 g/mol. The first-order chi connectivity index (χ1) is 8.16. The van der Waals surface area contributed by atoms with Gasteiger partial charge >= 0.3 is 0 Å². The van der Waals surface area contributed by atoms with Gasteiger partial charge in [0.05, 0.1) is 6.17 Å². The molecule has 0 rings (SSSR count). The van der Waals surface area contributed by atoms with E-state index in [0.29, 0.717) is 6.04 Å². The predicted molar refractivity (Wildman–Crippen MR) is 78.1 cm³/mol. The molecule has 0 fully saturated rings. The van der Waals surface area contributed by atoms with Gasteiger partial charge in [0.25, 0.3) is 0 Å². The summed E-state index contributed by atoms with van der Waals surface area (Å²) in [7, 11) is 0. The van der Waals surface area contributed by atoms with Crippen LogP contribution in [0.5, 0.6) is 0 Å². The van der Waals surface area contributed by atoms with E-state index in [4.69, 9.17) is 5.73 Å². The molecular weight excluding hydrogens is 208 g/mol. The highest BCUT2D eigenvalue weighted by atomic mass is 15.0. The van der Waals surface area contributed by atoms with Gasteiger partial charge in [0.15, 0.2) is 0 Å². The van der Waals surface area contributed by atoms with Crippen molar-refractivity contribution in [2.75, 3.05) is 0 Å². The van der Waals surface area contributed by atoms with Gasteiger partial charge in [0.2, 0.25) is 0 Å². The molecule has 0 spiro atoms. The average Bonchev–Trinajstić information content (AvgIpc) is 2.26. The summed E-state index contributed by atoms with van der Waals surface area (Å²) in [5.41, 5.74) is 5.96. The van der Waals surface area contributed by atoms with Crippen LogP contribution in [0.15, 0.2) is 0 Å². The molecule has 0 aromatic carbocycles. The second kappa shape index (κ2) is 12.4. The van der Waals surface area contributed by atoms with Gasteiger partial charge in [0.1, 0.15) is 0 Å². The molecule has 0 radical (unpaired) electrons. The van der Waals surface area contributed by atoms with Crippen molar-refractivity contribution < 1.29 is 0 Å². The third kappa shape index (κ3) is 13.9. The summed E-state index contributed by atoms with van der Waals surface area (Å²) >= 11 is 0. The summed E-state index contributed by atoms with van der Waals surface area (Å²) in [5, 5.41) is 3.35. The smallest absolute Gasteiger partial charge is 0.0548 e. The fourth-order valence-electron chi connectivity index (χ4n) is 2.19. The Morgan fingerprint density at radius 3 is 1.76 bits per heavy atom. The largest absolute Gasteiger partial charge is 0.316 e. The van der Waals surface area contributed by atoms with E-state index in [0.717, 1.165) is 6.42 Å². The molecule has 0 aliphatic carbocycles. The molecule has 104 valence electrons. The Hall–Kier alpha value is -0.0800. The summed E-state index contributed by atoms with van der Waals surface area (Å²) in [4.78, 5) is 0. The summed E-state index contributed by atoms with van der Waals surface area (Å²) in [6.07, 6.45) is 13.8. The average molecular weight is 242 g/mol. The van der Waals surface area contributed by atoms with Crippen molar-refractivity contribution >= 4 is 0 Å².